The number of hydrogen-bond donors (Lipinski definition) is 0. The van der Waals surface area contributed by atoms with Crippen LogP contribution in [0.1, 0.15) is 12.5 Å². The second-order valence-electron chi connectivity index (χ2n) is 4.40. The van der Waals surface area contributed by atoms with Crippen molar-refractivity contribution in [1.82, 2.24) is 20.2 Å². The highest BCUT2D eigenvalue weighted by atomic mass is 32.2. The van der Waals surface area contributed by atoms with E-state index in [0.717, 1.165) is 11.3 Å². The van der Waals surface area contributed by atoms with Crippen LogP contribution in [0.2, 0.25) is 0 Å². The first kappa shape index (κ1) is 13.0. The lowest BCUT2D eigenvalue weighted by Crippen LogP contribution is -2.22. The molecule has 0 bridgehead atoms. The summed E-state index contributed by atoms with van der Waals surface area (Å²) < 4.78 is 5.14. The Morgan fingerprint density at radius 2 is 2.10 bits per heavy atom. The minimum atomic E-state index is 0.314. The Balaban J connectivity index is 1.71. The first-order chi connectivity index (χ1) is 9.76. The molecule has 0 saturated heterocycles. The van der Waals surface area contributed by atoms with Gasteiger partial charge in [0, 0.05) is 6.20 Å². The fraction of sp³-hybridized carbons (Fsp3) is 0.308. The van der Waals surface area contributed by atoms with Gasteiger partial charge in [0.05, 0.1) is 19.0 Å². The van der Waals surface area contributed by atoms with Crippen LogP contribution in [0.3, 0.4) is 0 Å². The van der Waals surface area contributed by atoms with E-state index < -0.39 is 0 Å². The molecule has 0 aliphatic carbocycles. The highest BCUT2D eigenvalue weighted by molar-refractivity contribution is 8.03. The van der Waals surface area contributed by atoms with Crippen molar-refractivity contribution >= 4 is 17.7 Å². The summed E-state index contributed by atoms with van der Waals surface area (Å²) in [6.07, 6.45) is 1.98. The minimum absolute atomic E-state index is 0.314. The zero-order valence-corrected chi connectivity index (χ0v) is 12.1. The molecule has 0 fully saturated rings. The Morgan fingerprint density at radius 3 is 2.75 bits per heavy atom. The average molecular weight is 289 g/mol. The maximum atomic E-state index is 5.14. The molecule has 0 amide bonds. The number of hydrogen-bond acceptors (Lipinski definition) is 6. The van der Waals surface area contributed by atoms with Crippen molar-refractivity contribution in [2.24, 2.45) is 0 Å². The molecule has 0 saturated carbocycles. The van der Waals surface area contributed by atoms with E-state index in [9.17, 15) is 0 Å². The summed E-state index contributed by atoms with van der Waals surface area (Å²) in [6, 6.07) is 7.84. The second-order valence-corrected chi connectivity index (χ2v) is 5.62. The summed E-state index contributed by atoms with van der Waals surface area (Å²) >= 11 is 1.73. The van der Waals surface area contributed by atoms with Crippen LogP contribution in [0.5, 0.6) is 5.75 Å². The molecule has 0 spiro atoms. The number of nitrogens with zero attached hydrogens (tertiary/aromatic N) is 5. The van der Waals surface area contributed by atoms with Crippen LogP contribution >= 0.6 is 11.8 Å². The Morgan fingerprint density at radius 1 is 1.30 bits per heavy atom. The molecule has 0 radical (unpaired) electrons. The molecule has 104 valence electrons. The van der Waals surface area contributed by atoms with Gasteiger partial charge < -0.3 is 9.64 Å². The monoisotopic (exact) mass is 289 g/mol. The molecule has 1 aliphatic heterocycles. The number of tetrazole rings is 1. The molecule has 6 nitrogen and oxygen atoms in total. The number of methoxy groups -OCH3 is 1. The third-order valence-electron chi connectivity index (χ3n) is 3.04. The van der Waals surface area contributed by atoms with E-state index >= 15 is 0 Å². The zero-order chi connectivity index (χ0) is 13.9. The van der Waals surface area contributed by atoms with Crippen LogP contribution in [-0.2, 0) is 6.54 Å². The van der Waals surface area contributed by atoms with E-state index in [1.807, 2.05) is 40.8 Å². The van der Waals surface area contributed by atoms with Gasteiger partial charge in [0.25, 0.3) is 5.95 Å². The molecule has 1 atom stereocenters. The van der Waals surface area contributed by atoms with Crippen molar-refractivity contribution in [2.75, 3.05) is 12.0 Å². The van der Waals surface area contributed by atoms with Gasteiger partial charge in [-0.2, -0.15) is 4.80 Å². The normalized spacial score (nSPS) is 17.7. The molecule has 2 heterocycles. The lowest BCUT2D eigenvalue weighted by molar-refractivity contribution is 0.414. The number of thioether (sulfide) groups is 1. The quantitative estimate of drug-likeness (QED) is 0.859. The van der Waals surface area contributed by atoms with Crippen molar-refractivity contribution < 1.29 is 4.74 Å². The van der Waals surface area contributed by atoms with E-state index in [2.05, 4.69) is 22.3 Å². The van der Waals surface area contributed by atoms with Gasteiger partial charge in [0.15, 0.2) is 0 Å². The Kier molecular flexibility index (Phi) is 3.60. The summed E-state index contributed by atoms with van der Waals surface area (Å²) in [4.78, 5) is 3.60. The van der Waals surface area contributed by atoms with Gasteiger partial charge in [-0.25, -0.2) is 0 Å². The number of ether oxygens (including phenoxy) is 1. The fourth-order valence-corrected chi connectivity index (χ4v) is 2.65. The first-order valence-corrected chi connectivity index (χ1v) is 7.22. The van der Waals surface area contributed by atoms with Crippen molar-refractivity contribution in [1.29, 1.82) is 0 Å². The third kappa shape index (κ3) is 2.62. The van der Waals surface area contributed by atoms with Crippen LogP contribution in [0, 0.1) is 0 Å². The smallest absolute Gasteiger partial charge is 0.270 e. The van der Waals surface area contributed by atoms with Crippen molar-refractivity contribution in [3.8, 4) is 5.75 Å². The highest BCUT2D eigenvalue weighted by Crippen LogP contribution is 2.27. The van der Waals surface area contributed by atoms with E-state index in [1.165, 1.54) is 0 Å². The van der Waals surface area contributed by atoms with Crippen LogP contribution in [0.25, 0.3) is 0 Å². The number of aromatic nitrogens is 4. The molecule has 7 heteroatoms. The van der Waals surface area contributed by atoms with Crippen LogP contribution in [0.15, 0.2) is 35.9 Å². The van der Waals surface area contributed by atoms with E-state index in [0.29, 0.717) is 17.9 Å². The van der Waals surface area contributed by atoms with Gasteiger partial charge in [-0.3, -0.25) is 0 Å². The minimum Gasteiger partial charge on any atom is -0.497 e. The molecule has 1 aromatic carbocycles. The molecule has 1 aromatic heterocycles. The number of rotatable bonds is 4. The summed E-state index contributed by atoms with van der Waals surface area (Å²) in [5.41, 5.74) is 1.11. The van der Waals surface area contributed by atoms with Gasteiger partial charge in [-0.05, 0) is 35.2 Å². The van der Waals surface area contributed by atoms with Gasteiger partial charge >= 0.3 is 0 Å². The van der Waals surface area contributed by atoms with Gasteiger partial charge in [0.2, 0.25) is 0 Å². The molecular weight excluding hydrogens is 274 g/mol. The maximum Gasteiger partial charge on any atom is 0.270 e. The lowest BCUT2D eigenvalue weighted by Gasteiger charge is -2.15. The summed E-state index contributed by atoms with van der Waals surface area (Å²) in [7, 11) is 1.66. The van der Waals surface area contributed by atoms with Gasteiger partial charge in [-0.15, -0.1) is 16.9 Å². The Labute approximate surface area is 121 Å². The van der Waals surface area contributed by atoms with Crippen LogP contribution in [0.4, 0.5) is 5.95 Å². The van der Waals surface area contributed by atoms with E-state index in [1.54, 1.807) is 23.7 Å². The molecule has 20 heavy (non-hydrogen) atoms. The lowest BCUT2D eigenvalue weighted by atomic mass is 10.2. The Hall–Kier alpha value is -2.02. The van der Waals surface area contributed by atoms with Crippen LogP contribution in [-0.4, -0.2) is 32.7 Å². The standard InChI is InChI=1S/C13H15N5OS/c1-10-17(7-8-20-10)13-14-16-18(15-13)9-11-3-5-12(19-2)6-4-11/h3-8,10H,9H2,1-2H3. The average Bonchev–Trinajstić information content (AvgIpc) is 3.08. The predicted octanol–water partition coefficient (Wildman–Crippen LogP) is 2.10. The van der Waals surface area contributed by atoms with E-state index in [-0.39, 0.29) is 0 Å². The van der Waals surface area contributed by atoms with Crippen molar-refractivity contribution in [2.45, 2.75) is 18.8 Å². The zero-order valence-electron chi connectivity index (χ0n) is 11.3. The number of anilines is 1. The molecular formula is C13H15N5OS. The molecule has 3 rings (SSSR count). The summed E-state index contributed by atoms with van der Waals surface area (Å²) in [5.74, 6) is 1.47. The first-order valence-electron chi connectivity index (χ1n) is 6.27. The molecule has 2 aromatic rings. The molecule has 1 unspecified atom stereocenters. The van der Waals surface area contributed by atoms with Crippen molar-refractivity contribution in [3.63, 3.8) is 0 Å². The van der Waals surface area contributed by atoms with Crippen LogP contribution < -0.4 is 9.64 Å². The summed E-state index contributed by atoms with van der Waals surface area (Å²) in [6.45, 7) is 2.70. The largest absolute Gasteiger partial charge is 0.497 e. The second kappa shape index (κ2) is 5.54. The van der Waals surface area contributed by atoms with Gasteiger partial charge in [-0.1, -0.05) is 17.2 Å². The van der Waals surface area contributed by atoms with Gasteiger partial charge in [0.1, 0.15) is 5.75 Å². The molecule has 0 N–H and O–H groups in total. The predicted molar refractivity (Wildman–Crippen MR) is 78.6 cm³/mol. The van der Waals surface area contributed by atoms with E-state index in [4.69, 9.17) is 4.74 Å². The fourth-order valence-electron chi connectivity index (χ4n) is 1.93. The SMILES string of the molecule is COc1ccc(Cn2nnc(N3C=CSC3C)n2)cc1. The summed E-state index contributed by atoms with van der Waals surface area (Å²) in [5, 5.41) is 14.9. The highest BCUT2D eigenvalue weighted by Gasteiger charge is 2.20. The molecule has 1 aliphatic rings. The third-order valence-corrected chi connectivity index (χ3v) is 3.94. The van der Waals surface area contributed by atoms with Crippen molar-refractivity contribution in [3.05, 3.63) is 41.4 Å². The maximum absolute atomic E-state index is 5.14. The Bertz CT molecular complexity index is 609. The topological polar surface area (TPSA) is 56.1 Å². The number of benzene rings is 1.